The Morgan fingerprint density at radius 1 is 1.17 bits per heavy atom. The number of hydrogen-bond donors (Lipinski definition) is 4. The van der Waals surface area contributed by atoms with Gasteiger partial charge in [0.2, 0.25) is 5.91 Å². The zero-order valence-corrected chi connectivity index (χ0v) is 15.2. The number of benzene rings is 1. The fourth-order valence-electron chi connectivity index (χ4n) is 2.73. The van der Waals surface area contributed by atoms with Crippen LogP contribution in [0.15, 0.2) is 24.3 Å². The molecule has 0 radical (unpaired) electrons. The second-order valence-electron chi connectivity index (χ2n) is 6.36. The average Bonchev–Trinajstić information content (AvgIpc) is 2.48. The van der Waals surface area contributed by atoms with Gasteiger partial charge < -0.3 is 21.3 Å². The van der Waals surface area contributed by atoms with E-state index in [0.717, 1.165) is 19.4 Å². The molecule has 1 aliphatic rings. The first-order valence-electron chi connectivity index (χ1n) is 8.16. The molecular formula is C17H27ClN4O2. The number of para-hydroxylation sites is 2. The molecule has 0 spiro atoms. The fourth-order valence-corrected chi connectivity index (χ4v) is 2.73. The molecule has 0 unspecified atom stereocenters. The van der Waals surface area contributed by atoms with Gasteiger partial charge in [-0.3, -0.25) is 4.79 Å². The van der Waals surface area contributed by atoms with E-state index >= 15 is 0 Å². The predicted molar refractivity (Wildman–Crippen MR) is 99.8 cm³/mol. The summed E-state index contributed by atoms with van der Waals surface area (Å²) in [7, 11) is 0. The summed E-state index contributed by atoms with van der Waals surface area (Å²) in [4.78, 5) is 24.3. The Bertz CT molecular complexity index is 565. The van der Waals surface area contributed by atoms with Gasteiger partial charge in [0.05, 0.1) is 11.4 Å². The van der Waals surface area contributed by atoms with Crippen LogP contribution in [0.3, 0.4) is 0 Å². The van der Waals surface area contributed by atoms with Crippen LogP contribution < -0.4 is 21.3 Å². The molecular weight excluding hydrogens is 328 g/mol. The quantitative estimate of drug-likeness (QED) is 0.671. The van der Waals surface area contributed by atoms with Gasteiger partial charge in [-0.2, -0.15) is 0 Å². The zero-order chi connectivity index (χ0) is 16.8. The molecule has 24 heavy (non-hydrogen) atoms. The lowest BCUT2D eigenvalue weighted by molar-refractivity contribution is -0.120. The molecule has 3 amide bonds. The van der Waals surface area contributed by atoms with Gasteiger partial charge in [0.1, 0.15) is 0 Å². The minimum atomic E-state index is -0.280. The SMILES string of the molecule is CC(C)NC(=O)Nc1ccccc1NC(=O)[C@H]1CCN[C@@H](C)C1.Cl. The van der Waals surface area contributed by atoms with Gasteiger partial charge >= 0.3 is 6.03 Å². The molecule has 1 heterocycles. The number of piperidine rings is 1. The van der Waals surface area contributed by atoms with E-state index in [1.807, 2.05) is 26.0 Å². The van der Waals surface area contributed by atoms with Crippen LogP contribution in [-0.4, -0.2) is 30.6 Å². The first-order chi connectivity index (χ1) is 11.0. The Hall–Kier alpha value is -1.79. The van der Waals surface area contributed by atoms with E-state index in [-0.39, 0.29) is 36.3 Å². The number of hydrogen-bond acceptors (Lipinski definition) is 3. The van der Waals surface area contributed by atoms with Crippen LogP contribution in [0.5, 0.6) is 0 Å². The summed E-state index contributed by atoms with van der Waals surface area (Å²) < 4.78 is 0. The molecule has 134 valence electrons. The lowest BCUT2D eigenvalue weighted by atomic mass is 9.92. The van der Waals surface area contributed by atoms with E-state index in [2.05, 4.69) is 28.2 Å². The van der Waals surface area contributed by atoms with Crippen molar-refractivity contribution >= 4 is 35.7 Å². The molecule has 1 fully saturated rings. The van der Waals surface area contributed by atoms with Gasteiger partial charge in [-0.25, -0.2) is 4.79 Å². The molecule has 0 aliphatic carbocycles. The third kappa shape index (κ3) is 6.02. The number of amides is 3. The first-order valence-corrected chi connectivity index (χ1v) is 8.16. The number of rotatable bonds is 4. The van der Waals surface area contributed by atoms with Crippen LogP contribution in [0, 0.1) is 5.92 Å². The van der Waals surface area contributed by atoms with Crippen LogP contribution in [0.25, 0.3) is 0 Å². The summed E-state index contributed by atoms with van der Waals surface area (Å²) in [5.74, 6) is 0.0145. The highest BCUT2D eigenvalue weighted by atomic mass is 35.5. The zero-order valence-electron chi connectivity index (χ0n) is 14.4. The minimum Gasteiger partial charge on any atom is -0.336 e. The molecule has 1 saturated heterocycles. The first kappa shape index (κ1) is 20.3. The van der Waals surface area contributed by atoms with Gasteiger partial charge in [0.25, 0.3) is 0 Å². The van der Waals surface area contributed by atoms with E-state index in [0.29, 0.717) is 17.4 Å². The molecule has 0 bridgehead atoms. The molecule has 6 nitrogen and oxygen atoms in total. The molecule has 1 aliphatic heterocycles. The highest BCUT2D eigenvalue weighted by molar-refractivity contribution is 5.99. The monoisotopic (exact) mass is 354 g/mol. The van der Waals surface area contributed by atoms with Crippen molar-refractivity contribution in [3.8, 4) is 0 Å². The summed E-state index contributed by atoms with van der Waals surface area (Å²) in [5, 5.41) is 11.8. The maximum atomic E-state index is 12.5. The molecule has 2 atom stereocenters. The third-order valence-electron chi connectivity index (χ3n) is 3.85. The molecule has 2 rings (SSSR count). The van der Waals surface area contributed by atoms with Gasteiger partial charge in [0.15, 0.2) is 0 Å². The minimum absolute atomic E-state index is 0. The molecule has 1 aromatic carbocycles. The summed E-state index contributed by atoms with van der Waals surface area (Å²) in [6.07, 6.45) is 1.66. The smallest absolute Gasteiger partial charge is 0.319 e. The number of urea groups is 1. The van der Waals surface area contributed by atoms with Crippen LogP contribution >= 0.6 is 12.4 Å². The summed E-state index contributed by atoms with van der Waals surface area (Å²) in [6.45, 7) is 6.73. The molecule has 4 N–H and O–H groups in total. The predicted octanol–water partition coefficient (Wildman–Crippen LogP) is 2.96. The maximum absolute atomic E-state index is 12.5. The van der Waals surface area contributed by atoms with Crippen molar-refractivity contribution in [2.75, 3.05) is 17.2 Å². The highest BCUT2D eigenvalue weighted by Gasteiger charge is 2.25. The van der Waals surface area contributed by atoms with Crippen molar-refractivity contribution in [3.05, 3.63) is 24.3 Å². The van der Waals surface area contributed by atoms with Crippen LogP contribution in [0.2, 0.25) is 0 Å². The molecule has 0 aromatic heterocycles. The van der Waals surface area contributed by atoms with E-state index in [1.54, 1.807) is 12.1 Å². The number of carbonyl (C=O) groups excluding carboxylic acids is 2. The number of halogens is 1. The normalized spacial score (nSPS) is 20.0. The standard InChI is InChI=1S/C17H26N4O2.ClH/c1-11(2)19-17(23)21-15-7-5-4-6-14(15)20-16(22)13-8-9-18-12(3)10-13;/h4-7,11-13,18H,8-10H2,1-3H3,(H,20,22)(H2,19,21,23);1H/t12-,13-;/m0./s1. The Morgan fingerprint density at radius 3 is 2.38 bits per heavy atom. The van der Waals surface area contributed by atoms with Crippen molar-refractivity contribution in [1.29, 1.82) is 0 Å². The van der Waals surface area contributed by atoms with E-state index in [1.165, 1.54) is 0 Å². The van der Waals surface area contributed by atoms with Crippen molar-refractivity contribution in [2.45, 2.75) is 45.7 Å². The number of nitrogens with one attached hydrogen (secondary N) is 4. The summed E-state index contributed by atoms with van der Waals surface area (Å²) in [6, 6.07) is 7.36. The Balaban J connectivity index is 0.00000288. The Morgan fingerprint density at radius 2 is 1.79 bits per heavy atom. The summed E-state index contributed by atoms with van der Waals surface area (Å²) >= 11 is 0. The van der Waals surface area contributed by atoms with Crippen LogP contribution in [-0.2, 0) is 4.79 Å². The number of carbonyl (C=O) groups is 2. The van der Waals surface area contributed by atoms with E-state index in [4.69, 9.17) is 0 Å². The average molecular weight is 355 g/mol. The second kappa shape index (κ2) is 9.49. The Kier molecular flexibility index (Phi) is 8.01. The van der Waals surface area contributed by atoms with Crippen molar-refractivity contribution in [2.24, 2.45) is 5.92 Å². The van der Waals surface area contributed by atoms with Crippen LogP contribution in [0.4, 0.5) is 16.2 Å². The van der Waals surface area contributed by atoms with Crippen molar-refractivity contribution in [3.63, 3.8) is 0 Å². The highest BCUT2D eigenvalue weighted by Crippen LogP contribution is 2.24. The topological polar surface area (TPSA) is 82.3 Å². The van der Waals surface area contributed by atoms with E-state index < -0.39 is 0 Å². The third-order valence-corrected chi connectivity index (χ3v) is 3.85. The van der Waals surface area contributed by atoms with Gasteiger partial charge in [-0.15, -0.1) is 12.4 Å². The largest absolute Gasteiger partial charge is 0.336 e. The second-order valence-corrected chi connectivity index (χ2v) is 6.36. The summed E-state index contributed by atoms with van der Waals surface area (Å²) in [5.41, 5.74) is 1.23. The lowest BCUT2D eigenvalue weighted by Crippen LogP contribution is -2.40. The number of anilines is 2. The Labute approximate surface area is 149 Å². The van der Waals surface area contributed by atoms with Crippen LogP contribution in [0.1, 0.15) is 33.6 Å². The maximum Gasteiger partial charge on any atom is 0.319 e. The van der Waals surface area contributed by atoms with Gasteiger partial charge in [-0.1, -0.05) is 12.1 Å². The molecule has 1 aromatic rings. The fraction of sp³-hybridized carbons (Fsp3) is 0.529. The molecule has 0 saturated carbocycles. The lowest BCUT2D eigenvalue weighted by Gasteiger charge is -2.27. The molecule has 7 heteroatoms. The van der Waals surface area contributed by atoms with Crippen molar-refractivity contribution in [1.82, 2.24) is 10.6 Å². The van der Waals surface area contributed by atoms with Crippen molar-refractivity contribution < 1.29 is 9.59 Å². The van der Waals surface area contributed by atoms with Gasteiger partial charge in [0, 0.05) is 18.0 Å². The van der Waals surface area contributed by atoms with E-state index in [9.17, 15) is 9.59 Å². The van der Waals surface area contributed by atoms with Gasteiger partial charge in [-0.05, 0) is 52.3 Å².